The minimum Gasteiger partial charge on any atom is -0.231 e. The Hall–Kier alpha value is -2.23. The first kappa shape index (κ1) is 15.7. The van der Waals surface area contributed by atoms with Crippen molar-refractivity contribution in [2.75, 3.05) is 11.6 Å². The fourth-order valence-electron chi connectivity index (χ4n) is 2.96. The van der Waals surface area contributed by atoms with Crippen LogP contribution in [0.3, 0.4) is 0 Å². The van der Waals surface area contributed by atoms with Crippen LogP contribution in [0.1, 0.15) is 48.7 Å². The molecule has 0 radical (unpaired) electrons. The summed E-state index contributed by atoms with van der Waals surface area (Å²) in [5.74, 6) is 0.710. The van der Waals surface area contributed by atoms with Gasteiger partial charge in [-0.25, -0.2) is 15.0 Å². The predicted molar refractivity (Wildman–Crippen MR) is 95.1 cm³/mol. The second kappa shape index (κ2) is 6.90. The van der Waals surface area contributed by atoms with Crippen molar-refractivity contribution in [1.82, 2.24) is 9.97 Å². The van der Waals surface area contributed by atoms with Crippen LogP contribution < -0.4 is 5.01 Å². The summed E-state index contributed by atoms with van der Waals surface area (Å²) < 4.78 is 0. The van der Waals surface area contributed by atoms with E-state index in [1.54, 1.807) is 0 Å². The standard InChI is InChI=1S/C19H24N4/c1-4-6-16-8-10-17(11-9-16)18-7-5-12-23(22-18)19-20-14(2)13-15(3)21-19/h8-11,13H,4-7,12H2,1-3H3. The molecule has 1 aliphatic rings. The molecule has 0 spiro atoms. The predicted octanol–water partition coefficient (Wildman–Crippen LogP) is 4.05. The Morgan fingerprint density at radius 2 is 1.74 bits per heavy atom. The summed E-state index contributed by atoms with van der Waals surface area (Å²) in [7, 11) is 0. The van der Waals surface area contributed by atoms with Crippen LogP contribution in [0.4, 0.5) is 5.95 Å². The van der Waals surface area contributed by atoms with Gasteiger partial charge in [-0.1, -0.05) is 37.6 Å². The number of benzene rings is 1. The maximum Gasteiger partial charge on any atom is 0.246 e. The third-order valence-corrected chi connectivity index (χ3v) is 4.05. The van der Waals surface area contributed by atoms with E-state index < -0.39 is 0 Å². The molecule has 3 rings (SSSR count). The molecular formula is C19H24N4. The quantitative estimate of drug-likeness (QED) is 0.855. The second-order valence-electron chi connectivity index (χ2n) is 6.17. The first-order valence-corrected chi connectivity index (χ1v) is 8.42. The van der Waals surface area contributed by atoms with Gasteiger partial charge in [-0.15, -0.1) is 0 Å². The monoisotopic (exact) mass is 308 g/mol. The normalized spacial score (nSPS) is 14.7. The number of rotatable bonds is 4. The highest BCUT2D eigenvalue weighted by atomic mass is 15.5. The second-order valence-corrected chi connectivity index (χ2v) is 6.17. The van der Waals surface area contributed by atoms with Crippen LogP contribution in [-0.2, 0) is 6.42 Å². The van der Waals surface area contributed by atoms with Crippen LogP contribution in [-0.4, -0.2) is 22.2 Å². The fourth-order valence-corrected chi connectivity index (χ4v) is 2.96. The lowest BCUT2D eigenvalue weighted by Crippen LogP contribution is -2.28. The molecule has 1 aromatic heterocycles. The van der Waals surface area contributed by atoms with E-state index in [0.717, 1.165) is 42.9 Å². The Morgan fingerprint density at radius 1 is 1.04 bits per heavy atom. The van der Waals surface area contributed by atoms with Gasteiger partial charge in [-0.2, -0.15) is 5.10 Å². The van der Waals surface area contributed by atoms with Gasteiger partial charge in [0, 0.05) is 17.9 Å². The van der Waals surface area contributed by atoms with Crippen molar-refractivity contribution < 1.29 is 0 Å². The molecule has 0 atom stereocenters. The molecule has 2 heterocycles. The highest BCUT2D eigenvalue weighted by molar-refractivity contribution is 6.01. The van der Waals surface area contributed by atoms with Crippen molar-refractivity contribution in [2.24, 2.45) is 5.10 Å². The molecule has 1 aromatic carbocycles. The van der Waals surface area contributed by atoms with Gasteiger partial charge in [-0.05, 0) is 50.3 Å². The van der Waals surface area contributed by atoms with E-state index >= 15 is 0 Å². The largest absolute Gasteiger partial charge is 0.246 e. The zero-order valence-corrected chi connectivity index (χ0v) is 14.2. The maximum atomic E-state index is 4.81. The SMILES string of the molecule is CCCc1ccc(C2=NN(c3nc(C)cc(C)n3)CCC2)cc1. The molecule has 0 N–H and O–H groups in total. The smallest absolute Gasteiger partial charge is 0.231 e. The number of nitrogens with zero attached hydrogens (tertiary/aromatic N) is 4. The molecule has 0 fully saturated rings. The molecular weight excluding hydrogens is 284 g/mol. The number of hydrazone groups is 1. The maximum absolute atomic E-state index is 4.81. The van der Waals surface area contributed by atoms with Crippen molar-refractivity contribution in [3.63, 3.8) is 0 Å². The van der Waals surface area contributed by atoms with Crippen molar-refractivity contribution in [3.8, 4) is 0 Å². The van der Waals surface area contributed by atoms with E-state index in [1.165, 1.54) is 17.5 Å². The molecule has 0 unspecified atom stereocenters. The Bertz CT molecular complexity index is 684. The van der Waals surface area contributed by atoms with Gasteiger partial charge in [0.25, 0.3) is 0 Å². The molecule has 4 nitrogen and oxygen atoms in total. The Balaban J connectivity index is 1.86. The van der Waals surface area contributed by atoms with Gasteiger partial charge in [0.2, 0.25) is 5.95 Å². The Morgan fingerprint density at radius 3 is 2.39 bits per heavy atom. The first-order chi connectivity index (χ1) is 11.2. The summed E-state index contributed by atoms with van der Waals surface area (Å²) in [5, 5.41) is 6.75. The third-order valence-electron chi connectivity index (χ3n) is 4.05. The average molecular weight is 308 g/mol. The van der Waals surface area contributed by atoms with Gasteiger partial charge >= 0.3 is 0 Å². The van der Waals surface area contributed by atoms with Crippen molar-refractivity contribution in [1.29, 1.82) is 0 Å². The van der Waals surface area contributed by atoms with Gasteiger partial charge < -0.3 is 0 Å². The summed E-state index contributed by atoms with van der Waals surface area (Å²) in [6, 6.07) is 10.8. The van der Waals surface area contributed by atoms with Crippen LogP contribution in [0.2, 0.25) is 0 Å². The summed E-state index contributed by atoms with van der Waals surface area (Å²) in [5.41, 5.74) is 5.70. The molecule has 0 saturated carbocycles. The zero-order valence-electron chi connectivity index (χ0n) is 14.2. The first-order valence-electron chi connectivity index (χ1n) is 8.42. The van der Waals surface area contributed by atoms with Crippen LogP contribution in [0.15, 0.2) is 35.4 Å². The lowest BCUT2D eigenvalue weighted by Gasteiger charge is -2.24. The number of aromatic nitrogens is 2. The molecule has 2 aromatic rings. The van der Waals surface area contributed by atoms with Gasteiger partial charge in [0.05, 0.1) is 5.71 Å². The minimum absolute atomic E-state index is 0.710. The van der Waals surface area contributed by atoms with Gasteiger partial charge in [0.15, 0.2) is 0 Å². The number of aryl methyl sites for hydroxylation is 3. The summed E-state index contributed by atoms with van der Waals surface area (Å²) >= 11 is 0. The third kappa shape index (κ3) is 3.76. The average Bonchev–Trinajstić information content (AvgIpc) is 2.55. The minimum atomic E-state index is 0.710. The summed E-state index contributed by atoms with van der Waals surface area (Å²) in [4.78, 5) is 9.06. The topological polar surface area (TPSA) is 41.4 Å². The summed E-state index contributed by atoms with van der Waals surface area (Å²) in [6.07, 6.45) is 4.40. The van der Waals surface area contributed by atoms with Crippen molar-refractivity contribution >= 4 is 11.7 Å². The van der Waals surface area contributed by atoms with Crippen LogP contribution >= 0.6 is 0 Å². The number of anilines is 1. The molecule has 0 aliphatic carbocycles. The lowest BCUT2D eigenvalue weighted by molar-refractivity contribution is 0.715. The van der Waals surface area contributed by atoms with Crippen LogP contribution in [0, 0.1) is 13.8 Å². The van der Waals surface area contributed by atoms with Crippen LogP contribution in [0.25, 0.3) is 0 Å². The molecule has 4 heteroatoms. The number of hydrogen-bond donors (Lipinski definition) is 0. The molecule has 0 amide bonds. The van der Waals surface area contributed by atoms with E-state index in [1.807, 2.05) is 24.9 Å². The highest BCUT2D eigenvalue weighted by Crippen LogP contribution is 2.19. The van der Waals surface area contributed by atoms with E-state index in [2.05, 4.69) is 41.2 Å². The zero-order chi connectivity index (χ0) is 16.2. The van der Waals surface area contributed by atoms with E-state index in [0.29, 0.717) is 5.95 Å². The van der Waals surface area contributed by atoms with Crippen molar-refractivity contribution in [3.05, 3.63) is 52.8 Å². The number of hydrogen-bond acceptors (Lipinski definition) is 4. The summed E-state index contributed by atoms with van der Waals surface area (Å²) in [6.45, 7) is 7.08. The highest BCUT2D eigenvalue weighted by Gasteiger charge is 2.17. The Labute approximate surface area is 138 Å². The fraction of sp³-hybridized carbons (Fsp3) is 0.421. The van der Waals surface area contributed by atoms with E-state index in [9.17, 15) is 0 Å². The molecule has 1 aliphatic heterocycles. The van der Waals surface area contributed by atoms with E-state index in [4.69, 9.17) is 5.10 Å². The molecule has 120 valence electrons. The lowest BCUT2D eigenvalue weighted by atomic mass is 10.0. The molecule has 23 heavy (non-hydrogen) atoms. The molecule has 0 saturated heterocycles. The Kier molecular flexibility index (Phi) is 4.70. The van der Waals surface area contributed by atoms with Gasteiger partial charge in [-0.3, -0.25) is 0 Å². The van der Waals surface area contributed by atoms with E-state index in [-0.39, 0.29) is 0 Å². The van der Waals surface area contributed by atoms with Crippen LogP contribution in [0.5, 0.6) is 0 Å². The van der Waals surface area contributed by atoms with Crippen molar-refractivity contribution in [2.45, 2.75) is 46.5 Å². The van der Waals surface area contributed by atoms with Gasteiger partial charge in [0.1, 0.15) is 0 Å². The molecule has 0 bridgehead atoms.